The first-order valence-corrected chi connectivity index (χ1v) is 9.25. The van der Waals surface area contributed by atoms with Crippen molar-refractivity contribution >= 4 is 17.5 Å². The van der Waals surface area contributed by atoms with Crippen LogP contribution in [0.1, 0.15) is 36.5 Å². The standard InChI is InChI=1S/C20H17ClF4N2O2/c1-2-15-12(10-13-11-16(22)19(13,29)20(23,24)25)6-3-4-9-27(15)18(28)14-7-5-8-26-17(14)21/h2,5,7-8,10,29H,3-4,6,9H2,1H3/b12-10-,15-2?. The van der Waals surface area contributed by atoms with Gasteiger partial charge in [0, 0.05) is 24.0 Å². The fourth-order valence-electron chi connectivity index (χ4n) is 3.34. The van der Waals surface area contributed by atoms with E-state index in [-0.39, 0.29) is 10.7 Å². The third-order valence-corrected chi connectivity index (χ3v) is 5.19. The summed E-state index contributed by atoms with van der Waals surface area (Å²) in [6.07, 6.45) is 0.418. The maximum absolute atomic E-state index is 13.5. The van der Waals surface area contributed by atoms with Crippen LogP contribution < -0.4 is 0 Å². The maximum atomic E-state index is 13.5. The van der Waals surface area contributed by atoms with Crippen LogP contribution in [0.5, 0.6) is 0 Å². The highest BCUT2D eigenvalue weighted by molar-refractivity contribution is 6.32. The second kappa shape index (κ2) is 7.78. The van der Waals surface area contributed by atoms with Crippen LogP contribution >= 0.6 is 11.6 Å². The van der Waals surface area contributed by atoms with Gasteiger partial charge < -0.3 is 10.0 Å². The van der Waals surface area contributed by atoms with Crippen LogP contribution in [0.3, 0.4) is 0 Å². The van der Waals surface area contributed by atoms with E-state index in [1.165, 1.54) is 17.2 Å². The normalized spacial score (nSPS) is 25.4. The molecule has 4 nitrogen and oxygen atoms in total. The molecule has 0 saturated carbocycles. The Kier molecular flexibility index (Phi) is 5.72. The van der Waals surface area contributed by atoms with Crippen LogP contribution in [0.15, 0.2) is 58.9 Å². The first-order valence-electron chi connectivity index (χ1n) is 8.87. The Labute approximate surface area is 169 Å². The molecule has 3 rings (SSSR count). The van der Waals surface area contributed by atoms with Gasteiger partial charge in [-0.1, -0.05) is 23.4 Å². The monoisotopic (exact) mass is 428 g/mol. The molecule has 1 unspecified atom stereocenters. The van der Waals surface area contributed by atoms with Crippen molar-refractivity contribution in [1.82, 2.24) is 9.88 Å². The number of aliphatic hydroxyl groups is 1. The quantitative estimate of drug-likeness (QED) is 0.415. The number of hydrogen-bond acceptors (Lipinski definition) is 3. The summed E-state index contributed by atoms with van der Waals surface area (Å²) >= 11 is 6.02. The molecule has 0 spiro atoms. The van der Waals surface area contributed by atoms with Gasteiger partial charge >= 0.3 is 6.18 Å². The van der Waals surface area contributed by atoms with Gasteiger partial charge in [-0.15, -0.1) is 0 Å². The molecule has 1 atom stereocenters. The van der Waals surface area contributed by atoms with E-state index in [4.69, 9.17) is 11.6 Å². The number of carbonyl (C=O) groups excluding carboxylic acids is 1. The molecule has 9 heteroatoms. The molecular weight excluding hydrogens is 412 g/mol. The van der Waals surface area contributed by atoms with E-state index in [2.05, 4.69) is 4.98 Å². The molecule has 1 aliphatic carbocycles. The van der Waals surface area contributed by atoms with Gasteiger partial charge in [0.15, 0.2) is 5.83 Å². The van der Waals surface area contributed by atoms with Gasteiger partial charge in [-0.25, -0.2) is 4.98 Å². The van der Waals surface area contributed by atoms with Crippen molar-refractivity contribution in [2.24, 2.45) is 0 Å². The number of allylic oxidation sites excluding steroid dienone is 2. The first-order chi connectivity index (χ1) is 13.6. The third kappa shape index (κ3) is 3.64. The minimum Gasteiger partial charge on any atom is -0.369 e. The second-order valence-electron chi connectivity index (χ2n) is 6.66. The lowest BCUT2D eigenvalue weighted by Gasteiger charge is -2.33. The highest BCUT2D eigenvalue weighted by Gasteiger charge is 2.63. The van der Waals surface area contributed by atoms with Crippen LogP contribution in [0.2, 0.25) is 5.15 Å². The van der Waals surface area contributed by atoms with Crippen molar-refractivity contribution in [3.8, 4) is 0 Å². The van der Waals surface area contributed by atoms with Crippen molar-refractivity contribution in [2.75, 3.05) is 6.54 Å². The lowest BCUT2D eigenvalue weighted by Crippen LogP contribution is -2.50. The Morgan fingerprint density at radius 2 is 2.14 bits per heavy atom. The van der Waals surface area contributed by atoms with Gasteiger partial charge in [-0.2, -0.15) is 17.6 Å². The number of nitrogens with zero attached hydrogens (tertiary/aromatic N) is 2. The highest BCUT2D eigenvalue weighted by Crippen LogP contribution is 2.48. The predicted molar refractivity (Wildman–Crippen MR) is 98.6 cm³/mol. The maximum Gasteiger partial charge on any atom is 0.429 e. The molecule has 1 aliphatic heterocycles. The van der Waals surface area contributed by atoms with E-state index >= 15 is 0 Å². The lowest BCUT2D eigenvalue weighted by molar-refractivity contribution is -0.237. The van der Waals surface area contributed by atoms with Crippen molar-refractivity contribution < 1.29 is 27.5 Å². The van der Waals surface area contributed by atoms with Crippen LogP contribution in [0, 0.1) is 0 Å². The van der Waals surface area contributed by atoms with Crippen LogP contribution in [-0.2, 0) is 0 Å². The van der Waals surface area contributed by atoms with Gasteiger partial charge in [0.25, 0.3) is 11.5 Å². The highest BCUT2D eigenvalue weighted by atomic mass is 35.5. The molecule has 1 N–H and O–H groups in total. The molecule has 0 aromatic carbocycles. The van der Waals surface area contributed by atoms with Crippen LogP contribution in [0.4, 0.5) is 17.6 Å². The molecule has 2 heterocycles. The van der Waals surface area contributed by atoms with E-state index in [0.717, 1.165) is 6.08 Å². The average molecular weight is 429 g/mol. The SMILES string of the molecule is CC=C1/C(=C\C2=C=C(F)C2(O)C(F)(F)F)CCCCN1C(=O)c1cccnc1Cl. The fourth-order valence-corrected chi connectivity index (χ4v) is 3.54. The number of carbonyl (C=O) groups is 1. The number of pyridine rings is 1. The van der Waals surface area contributed by atoms with Crippen molar-refractivity contribution in [2.45, 2.75) is 38.0 Å². The number of amides is 1. The second-order valence-corrected chi connectivity index (χ2v) is 7.02. The zero-order valence-corrected chi connectivity index (χ0v) is 16.1. The smallest absolute Gasteiger partial charge is 0.369 e. The molecule has 0 bridgehead atoms. The minimum absolute atomic E-state index is 0.0147. The number of alkyl halides is 3. The zero-order valence-electron chi connectivity index (χ0n) is 15.4. The summed E-state index contributed by atoms with van der Waals surface area (Å²) in [6, 6.07) is 3.06. The fraction of sp³-hybridized carbons (Fsp3) is 0.350. The summed E-state index contributed by atoms with van der Waals surface area (Å²) < 4.78 is 53.0. The van der Waals surface area contributed by atoms with Crippen molar-refractivity contribution in [1.29, 1.82) is 0 Å². The minimum atomic E-state index is -5.21. The first kappa shape index (κ1) is 21.3. The molecule has 2 aliphatic rings. The molecule has 29 heavy (non-hydrogen) atoms. The number of rotatable bonds is 2. The topological polar surface area (TPSA) is 53.4 Å². The van der Waals surface area contributed by atoms with Gasteiger partial charge in [0.05, 0.1) is 5.56 Å². The summed E-state index contributed by atoms with van der Waals surface area (Å²) in [5, 5.41) is 9.83. The molecular formula is C20H17ClF4N2O2. The third-order valence-electron chi connectivity index (χ3n) is 4.89. The summed E-state index contributed by atoms with van der Waals surface area (Å²) in [5.41, 5.74) is -1.59. The largest absolute Gasteiger partial charge is 0.429 e. The number of halogens is 5. The average Bonchev–Trinajstić information content (AvgIpc) is 2.88. The molecule has 1 saturated heterocycles. The van der Waals surface area contributed by atoms with Crippen molar-refractivity contribution in [3.63, 3.8) is 0 Å². The Morgan fingerprint density at radius 3 is 2.72 bits per heavy atom. The molecule has 1 fully saturated rings. The van der Waals surface area contributed by atoms with Gasteiger partial charge in [-0.05, 0) is 50.0 Å². The molecule has 0 radical (unpaired) electrons. The summed E-state index contributed by atoms with van der Waals surface area (Å²) in [5.74, 6) is -2.22. The zero-order chi connectivity index (χ0) is 21.4. The van der Waals surface area contributed by atoms with Gasteiger partial charge in [0.1, 0.15) is 5.15 Å². The van der Waals surface area contributed by atoms with E-state index in [0.29, 0.717) is 37.1 Å². The Morgan fingerprint density at radius 1 is 1.41 bits per heavy atom. The molecule has 154 valence electrons. The number of likely N-dealkylation sites (tertiary alicyclic amines) is 1. The Bertz CT molecular complexity index is 977. The molecule has 1 aromatic heterocycles. The Balaban J connectivity index is 2.01. The van der Waals surface area contributed by atoms with E-state index in [1.807, 2.05) is 5.73 Å². The van der Waals surface area contributed by atoms with E-state index in [1.54, 1.807) is 19.1 Å². The number of aromatic nitrogens is 1. The molecule has 1 amide bonds. The van der Waals surface area contributed by atoms with E-state index < -0.39 is 29.1 Å². The lowest BCUT2D eigenvalue weighted by atomic mass is 9.82. The van der Waals surface area contributed by atoms with Crippen LogP contribution in [-0.4, -0.2) is 39.2 Å². The Hall–Kier alpha value is -2.41. The van der Waals surface area contributed by atoms with Crippen LogP contribution in [0.25, 0.3) is 0 Å². The van der Waals surface area contributed by atoms with Gasteiger partial charge in [0.2, 0.25) is 0 Å². The summed E-state index contributed by atoms with van der Waals surface area (Å²) in [7, 11) is 0. The van der Waals surface area contributed by atoms with E-state index in [9.17, 15) is 27.5 Å². The summed E-state index contributed by atoms with van der Waals surface area (Å²) in [6.45, 7) is 1.97. The summed E-state index contributed by atoms with van der Waals surface area (Å²) in [4.78, 5) is 18.3. The van der Waals surface area contributed by atoms with Gasteiger partial charge in [-0.3, -0.25) is 4.79 Å². The van der Waals surface area contributed by atoms with Crippen molar-refractivity contribution in [3.05, 3.63) is 69.6 Å². The molecule has 1 aromatic rings. The predicted octanol–water partition coefficient (Wildman–Crippen LogP) is 4.88. The number of hydrogen-bond donors (Lipinski definition) is 1.